The minimum absolute atomic E-state index is 0.824. The van der Waals surface area contributed by atoms with Crippen LogP contribution < -0.4 is 4.90 Å². The second-order valence-electron chi connectivity index (χ2n) is 2.68. The van der Waals surface area contributed by atoms with Gasteiger partial charge in [0.1, 0.15) is 0 Å². The molecule has 1 fully saturated rings. The maximum absolute atomic E-state index is 4.14. The van der Waals surface area contributed by atoms with Crippen molar-refractivity contribution < 1.29 is 0 Å². The molecule has 0 saturated carbocycles. The van der Waals surface area contributed by atoms with Crippen LogP contribution in [0.4, 0.5) is 5.95 Å². The van der Waals surface area contributed by atoms with E-state index in [-0.39, 0.29) is 0 Å². The Morgan fingerprint density at radius 3 is 2.82 bits per heavy atom. The summed E-state index contributed by atoms with van der Waals surface area (Å²) in [7, 11) is 0. The summed E-state index contributed by atoms with van der Waals surface area (Å²) in [5, 5.41) is 0. The average molecular weight is 148 g/mol. The van der Waals surface area contributed by atoms with Crippen molar-refractivity contribution in [3.8, 4) is 0 Å². The van der Waals surface area contributed by atoms with Crippen LogP contribution in [0.25, 0.3) is 0 Å². The molecular weight excluding hydrogens is 138 g/mol. The number of aromatic nitrogens is 2. The summed E-state index contributed by atoms with van der Waals surface area (Å²) in [6.45, 7) is 2.19. The molecule has 0 unspecified atom stereocenters. The molecule has 2 rings (SSSR count). The van der Waals surface area contributed by atoms with Gasteiger partial charge in [-0.1, -0.05) is 0 Å². The summed E-state index contributed by atoms with van der Waals surface area (Å²) < 4.78 is 0. The van der Waals surface area contributed by atoms with Crippen molar-refractivity contribution in [3.05, 3.63) is 18.5 Å². The van der Waals surface area contributed by atoms with Crippen LogP contribution in [0.3, 0.4) is 0 Å². The SMILES string of the molecule is [c]1ccnc(N2CCCC2)n1. The van der Waals surface area contributed by atoms with Gasteiger partial charge in [-0.3, -0.25) is 0 Å². The van der Waals surface area contributed by atoms with Gasteiger partial charge >= 0.3 is 0 Å². The fourth-order valence-corrected chi connectivity index (χ4v) is 1.33. The van der Waals surface area contributed by atoms with Crippen molar-refractivity contribution in [2.75, 3.05) is 18.0 Å². The van der Waals surface area contributed by atoms with Crippen LogP contribution in [-0.2, 0) is 0 Å². The lowest BCUT2D eigenvalue weighted by Gasteiger charge is -2.13. The van der Waals surface area contributed by atoms with E-state index in [2.05, 4.69) is 21.1 Å². The van der Waals surface area contributed by atoms with Gasteiger partial charge in [0.2, 0.25) is 5.95 Å². The molecule has 0 amide bonds. The first-order chi connectivity index (χ1) is 5.47. The second-order valence-corrected chi connectivity index (χ2v) is 2.68. The summed E-state index contributed by atoms with van der Waals surface area (Å²) in [5.74, 6) is 0.824. The van der Waals surface area contributed by atoms with Crippen LogP contribution in [0.5, 0.6) is 0 Å². The van der Waals surface area contributed by atoms with E-state index in [1.807, 2.05) is 0 Å². The first kappa shape index (κ1) is 6.58. The van der Waals surface area contributed by atoms with Gasteiger partial charge in [0, 0.05) is 19.3 Å². The lowest BCUT2D eigenvalue weighted by Crippen LogP contribution is -2.19. The van der Waals surface area contributed by atoms with Crippen LogP contribution in [0.1, 0.15) is 12.8 Å². The Kier molecular flexibility index (Phi) is 1.71. The molecule has 0 N–H and O–H groups in total. The van der Waals surface area contributed by atoms with Gasteiger partial charge in [-0.2, -0.15) is 0 Å². The largest absolute Gasteiger partial charge is 0.341 e. The minimum atomic E-state index is 0.824. The number of anilines is 1. The van der Waals surface area contributed by atoms with Crippen LogP contribution >= 0.6 is 0 Å². The minimum Gasteiger partial charge on any atom is -0.341 e. The molecule has 1 radical (unpaired) electrons. The highest BCUT2D eigenvalue weighted by Crippen LogP contribution is 2.13. The van der Waals surface area contributed by atoms with Crippen LogP contribution in [0, 0.1) is 6.20 Å². The Morgan fingerprint density at radius 2 is 2.18 bits per heavy atom. The lowest BCUT2D eigenvalue weighted by atomic mass is 10.4. The zero-order valence-electron chi connectivity index (χ0n) is 6.32. The van der Waals surface area contributed by atoms with Gasteiger partial charge in [0.15, 0.2) is 0 Å². The predicted octanol–water partition coefficient (Wildman–Crippen LogP) is 0.877. The maximum atomic E-state index is 4.14. The molecule has 1 saturated heterocycles. The monoisotopic (exact) mass is 148 g/mol. The molecule has 0 bridgehead atoms. The summed E-state index contributed by atoms with van der Waals surface area (Å²) in [6, 6.07) is 1.72. The fraction of sp³-hybridized carbons (Fsp3) is 0.500. The van der Waals surface area contributed by atoms with E-state index in [4.69, 9.17) is 0 Å². The zero-order chi connectivity index (χ0) is 7.52. The third-order valence-corrected chi connectivity index (χ3v) is 1.89. The molecule has 11 heavy (non-hydrogen) atoms. The standard InChI is InChI=1S/C8H10N3/c1-2-7-11(6-1)8-9-4-3-5-10-8/h3-4H,1-2,6-7H2. The summed E-state index contributed by atoms with van der Waals surface area (Å²) >= 11 is 0. The van der Waals surface area contributed by atoms with Crippen molar-refractivity contribution in [2.45, 2.75) is 12.8 Å². The molecule has 57 valence electrons. The van der Waals surface area contributed by atoms with Crippen LogP contribution in [-0.4, -0.2) is 23.1 Å². The topological polar surface area (TPSA) is 29.0 Å². The number of hydrogen-bond donors (Lipinski definition) is 0. The van der Waals surface area contributed by atoms with Gasteiger partial charge in [-0.05, 0) is 18.9 Å². The third kappa shape index (κ3) is 1.31. The molecule has 3 nitrogen and oxygen atoms in total. The van der Waals surface area contributed by atoms with E-state index < -0.39 is 0 Å². The average Bonchev–Trinajstić information content (AvgIpc) is 2.58. The second kappa shape index (κ2) is 2.86. The van der Waals surface area contributed by atoms with E-state index >= 15 is 0 Å². The van der Waals surface area contributed by atoms with Crippen LogP contribution in [0.15, 0.2) is 12.3 Å². The smallest absolute Gasteiger partial charge is 0.225 e. The highest BCUT2D eigenvalue weighted by Gasteiger charge is 2.13. The van der Waals surface area contributed by atoms with Crippen molar-refractivity contribution in [2.24, 2.45) is 0 Å². The Labute approximate surface area is 66.1 Å². The fourth-order valence-electron chi connectivity index (χ4n) is 1.33. The Balaban J connectivity index is 2.16. The van der Waals surface area contributed by atoms with E-state index in [1.54, 1.807) is 12.3 Å². The van der Waals surface area contributed by atoms with E-state index in [0.717, 1.165) is 19.0 Å². The van der Waals surface area contributed by atoms with E-state index in [9.17, 15) is 0 Å². The van der Waals surface area contributed by atoms with Crippen LogP contribution in [0.2, 0.25) is 0 Å². The third-order valence-electron chi connectivity index (χ3n) is 1.89. The molecule has 3 heteroatoms. The normalized spacial score (nSPS) is 17.3. The lowest BCUT2D eigenvalue weighted by molar-refractivity contribution is 0.896. The van der Waals surface area contributed by atoms with E-state index in [1.165, 1.54) is 12.8 Å². The van der Waals surface area contributed by atoms with Gasteiger partial charge in [0.05, 0.1) is 6.20 Å². The first-order valence-corrected chi connectivity index (χ1v) is 3.91. The Bertz CT molecular complexity index is 216. The summed E-state index contributed by atoms with van der Waals surface area (Å²) in [6.07, 6.45) is 7.04. The Morgan fingerprint density at radius 1 is 1.36 bits per heavy atom. The molecule has 0 aromatic carbocycles. The molecule has 0 aliphatic carbocycles. The molecule has 1 aliphatic rings. The van der Waals surface area contributed by atoms with Crippen molar-refractivity contribution in [1.29, 1.82) is 0 Å². The summed E-state index contributed by atoms with van der Waals surface area (Å²) in [5.41, 5.74) is 0. The quantitative estimate of drug-likeness (QED) is 0.592. The predicted molar refractivity (Wildman–Crippen MR) is 42.3 cm³/mol. The molecule has 0 atom stereocenters. The van der Waals surface area contributed by atoms with Gasteiger partial charge in [-0.25, -0.2) is 9.97 Å². The highest BCUT2D eigenvalue weighted by molar-refractivity contribution is 5.28. The number of rotatable bonds is 1. The van der Waals surface area contributed by atoms with E-state index in [0.29, 0.717) is 0 Å². The van der Waals surface area contributed by atoms with Gasteiger partial charge < -0.3 is 4.90 Å². The molecule has 1 aliphatic heterocycles. The Hall–Kier alpha value is -1.12. The molecule has 1 aromatic heterocycles. The van der Waals surface area contributed by atoms with Crippen molar-refractivity contribution >= 4 is 5.95 Å². The molecule has 2 heterocycles. The molecule has 0 spiro atoms. The molecular formula is C8H10N3. The molecule has 1 aromatic rings. The maximum Gasteiger partial charge on any atom is 0.225 e. The van der Waals surface area contributed by atoms with Crippen molar-refractivity contribution in [1.82, 2.24) is 9.97 Å². The van der Waals surface area contributed by atoms with Gasteiger partial charge in [0.25, 0.3) is 0 Å². The van der Waals surface area contributed by atoms with Gasteiger partial charge in [-0.15, -0.1) is 0 Å². The first-order valence-electron chi connectivity index (χ1n) is 3.91. The zero-order valence-corrected chi connectivity index (χ0v) is 6.32. The summed E-state index contributed by atoms with van der Waals surface area (Å²) in [4.78, 5) is 10.4. The number of nitrogens with zero attached hydrogens (tertiary/aromatic N) is 3. The highest BCUT2D eigenvalue weighted by atomic mass is 15.3. The number of hydrogen-bond acceptors (Lipinski definition) is 3. The van der Waals surface area contributed by atoms with Crippen molar-refractivity contribution in [3.63, 3.8) is 0 Å².